The summed E-state index contributed by atoms with van der Waals surface area (Å²) >= 11 is 15.0. The van der Waals surface area contributed by atoms with Gasteiger partial charge in [-0.05, 0) is 271 Å². The highest BCUT2D eigenvalue weighted by Gasteiger charge is 2.55. The number of aromatic nitrogens is 22. The molecule has 0 unspecified atom stereocenters. The molecule has 13 rings (SSSR count). The van der Waals surface area contributed by atoms with Gasteiger partial charge in [-0.1, -0.05) is 0 Å². The molecule has 142 heavy (non-hydrogen) atoms. The van der Waals surface area contributed by atoms with Crippen LogP contribution in [0.25, 0.3) is 34.2 Å². The number of aromatic hydroxyl groups is 1. The number of nitrogens with zero attached hydrogens (tertiary/aromatic N) is 22. The molecule has 770 valence electrons. The van der Waals surface area contributed by atoms with Gasteiger partial charge in [-0.3, -0.25) is 32.8 Å². The highest BCUT2D eigenvalue weighted by Crippen LogP contribution is 2.39. The number of carbonyl (C=O) groups is 7. The number of halogens is 5. The Morgan fingerprint density at radius 2 is 0.585 bits per heavy atom. The summed E-state index contributed by atoms with van der Waals surface area (Å²) in [6.07, 6.45) is 16.8. The molecule has 2 fully saturated rings. The molecule has 13 heterocycles. The van der Waals surface area contributed by atoms with E-state index in [9.17, 15) is 48.7 Å². The third-order valence-electron chi connectivity index (χ3n) is 20.1. The van der Waals surface area contributed by atoms with Gasteiger partial charge in [-0.15, -0.1) is 0 Å². The van der Waals surface area contributed by atoms with Crippen LogP contribution >= 0.6 is 86.3 Å². The van der Waals surface area contributed by atoms with Crippen molar-refractivity contribution in [2.45, 2.75) is 264 Å². The lowest BCUT2D eigenvalue weighted by Crippen LogP contribution is -2.41. The first-order chi connectivity index (χ1) is 64.8. The minimum atomic E-state index is -1.65. The number of ether oxygens (including phenoxy) is 6. The minimum absolute atomic E-state index is 0.00135. The summed E-state index contributed by atoms with van der Waals surface area (Å²) in [4.78, 5) is 117. The zero-order valence-electron chi connectivity index (χ0n) is 87.0. The molecule has 4 N–H and O–H groups in total. The van der Waals surface area contributed by atoms with Crippen LogP contribution in [0.2, 0.25) is 0 Å². The topological polar surface area (TPSA) is 521 Å². The fraction of sp³-hybridized carbons (Fsp3) is 0.516. The van der Waals surface area contributed by atoms with Crippen LogP contribution in [0.5, 0.6) is 5.75 Å². The lowest BCUT2D eigenvalue weighted by Gasteiger charge is -2.32. The van der Waals surface area contributed by atoms with Crippen LogP contribution in [0, 0.1) is 31.5 Å². The van der Waals surface area contributed by atoms with Crippen molar-refractivity contribution in [3.63, 3.8) is 0 Å². The van der Waals surface area contributed by atoms with Crippen LogP contribution in [0.1, 0.15) is 276 Å². The van der Waals surface area contributed by atoms with E-state index < -0.39 is 113 Å². The fourth-order valence-electron chi connectivity index (χ4n) is 11.9. The van der Waals surface area contributed by atoms with E-state index in [0.717, 1.165) is 24.2 Å². The van der Waals surface area contributed by atoms with Crippen molar-refractivity contribution in [2.24, 2.45) is 49.3 Å². The number of esters is 6. The average Bonchev–Trinajstić information content (AvgIpc) is 1.61. The molecule has 51 heteroatoms. The van der Waals surface area contributed by atoms with E-state index >= 15 is 0 Å². The number of carboxylic acid groups (broad SMARTS) is 1. The Balaban J connectivity index is 0.000000252. The Bertz CT molecular complexity index is 6050. The molecule has 0 amide bonds. The summed E-state index contributed by atoms with van der Waals surface area (Å²) in [7, 11) is 8.72. The summed E-state index contributed by atoms with van der Waals surface area (Å²) in [6.45, 7) is 55.5. The predicted molar refractivity (Wildman–Crippen MR) is 551 cm³/mol. The second-order valence-corrected chi connectivity index (χ2v) is 44.5. The summed E-state index contributed by atoms with van der Waals surface area (Å²) in [5.41, 5.74) is 2.25. The number of rotatable bonds is 13. The van der Waals surface area contributed by atoms with Gasteiger partial charge in [0.2, 0.25) is 0 Å². The molecule has 2 saturated heterocycles. The lowest BCUT2D eigenvalue weighted by molar-refractivity contribution is 0.00441. The smallest absolute Gasteiger partial charge is 0.498 e. The van der Waals surface area contributed by atoms with E-state index in [1.165, 1.54) is 63.8 Å². The summed E-state index contributed by atoms with van der Waals surface area (Å²) < 4.78 is 70.1. The first-order valence-corrected chi connectivity index (χ1v) is 48.2. The van der Waals surface area contributed by atoms with Gasteiger partial charge < -0.3 is 67.3 Å². The van der Waals surface area contributed by atoms with E-state index in [1.54, 1.807) is 142 Å². The summed E-state index contributed by atoms with van der Waals surface area (Å²) in [5.74, 6) is -2.65. The molecule has 0 aromatic carbocycles. The molecule has 11 aromatic rings. The summed E-state index contributed by atoms with van der Waals surface area (Å²) in [6, 6.07) is 0. The van der Waals surface area contributed by atoms with Crippen LogP contribution in [0.15, 0.2) is 86.1 Å². The van der Waals surface area contributed by atoms with Gasteiger partial charge in [0, 0.05) is 125 Å². The van der Waals surface area contributed by atoms with Crippen molar-refractivity contribution in [3.05, 3.63) is 153 Å². The van der Waals surface area contributed by atoms with Crippen LogP contribution < -0.4 is 16.4 Å². The lowest BCUT2D eigenvalue weighted by atomic mass is 9.79. The third-order valence-corrected chi connectivity index (χ3v) is 23.3. The summed E-state index contributed by atoms with van der Waals surface area (Å²) in [5, 5.41) is 64.7. The molecule has 0 radical (unpaired) electrons. The van der Waals surface area contributed by atoms with Gasteiger partial charge in [-0.25, -0.2) is 73.4 Å². The normalized spacial score (nSPS) is 14.0. The number of hydrogen-bond donors (Lipinski definition) is 4. The monoisotopic (exact) mass is 2340 g/mol. The quantitative estimate of drug-likeness (QED) is 0.0274. The SMILES string of the molecule is Cc1nc(-c2cnn(C)c2C(=O)OC(C)(C)C)ncc1B(O)O.Cc1nc(-c2cnn(C)c2C(=O)OC(C)(C)C)ncc1Br.Cc1nc(-c2cnn(C)c2C(=O)OC(C)(C)C)ncc1O.Cc1nc(I)ncc1Br.Cn1ncc(B2OC(C)(C)C(C)(C)O2)c1C(=O)OC(C)(C)C.Cn1ncc(B2OC(C)(C)C(C)(C)O2)c1C(=O)OC(C)(C)C.Cn1ncc(Br)c1C(=O)O.Cn1ncc(Br)c1C(=O)OC(C)(C)C. The van der Waals surface area contributed by atoms with E-state index in [0.29, 0.717) is 82.4 Å². The van der Waals surface area contributed by atoms with Crippen molar-refractivity contribution in [1.29, 1.82) is 0 Å². The highest BCUT2D eigenvalue weighted by molar-refractivity contribution is 14.1. The number of hydrogen-bond acceptors (Lipinski definition) is 35. The fourth-order valence-corrected chi connectivity index (χ4v) is 13.8. The standard InChI is InChI=1S/2C15H25BN2O4.C14H19BN4O4.C14H17BrN4O2.C14H18N4O3.C9H13BrN2O2.C5H4BrIN2.C5H5BrN2O2/c2*1-13(2,3)20-12(19)11-10(9-17-18(11)8)16-21-14(4,5)15(6,7)22-16;1-8-10(15(21)22)7-16-12(18-8)9-6-17-19(5)11(9)13(20)23-14(2,3)4;1-8-10(15)7-16-12(18-8)9-6-17-19(5)11(9)13(20)21-14(2,3)4;1-8-10(19)7-15-12(17-8)9-6-16-18(5)11(9)13(20)21-14(2,3)4;1-9(2,3)14-8(13)7-6(10)5-11-12(7)4;1-3-4(6)2-8-5(7)9-3;1-8-4(5(9)10)3(6)2-7-8/h2*9H,1-8H3;6-7,21-22H,1-5H3;6-7H,1-5H3;6-7,19H,1-5H3;5H,1-4H3;2H,1H3;2H,1H3,(H,9,10). The molecular weight excluding hydrogens is 2220 g/mol. The van der Waals surface area contributed by atoms with E-state index in [4.69, 9.17) is 52.1 Å². The number of aryl methyl sites for hydroxylation is 11. The Hall–Kier alpha value is -10.5. The zero-order chi connectivity index (χ0) is 108. The molecule has 2 aliphatic rings. The predicted octanol–water partition coefficient (Wildman–Crippen LogP) is 13.1. The highest BCUT2D eigenvalue weighted by atomic mass is 127. The average molecular weight is 2340 g/mol. The van der Waals surface area contributed by atoms with Crippen molar-refractivity contribution >= 4 is 166 Å². The van der Waals surface area contributed by atoms with E-state index in [-0.39, 0.29) is 40.1 Å². The Labute approximate surface area is 874 Å². The van der Waals surface area contributed by atoms with Crippen LogP contribution in [0.3, 0.4) is 0 Å². The van der Waals surface area contributed by atoms with Gasteiger partial charge in [0.1, 0.15) is 45.0 Å². The van der Waals surface area contributed by atoms with Crippen molar-refractivity contribution < 1.29 is 101 Å². The molecule has 0 aliphatic carbocycles. The van der Waals surface area contributed by atoms with Crippen LogP contribution in [-0.2, 0) is 96.4 Å². The van der Waals surface area contributed by atoms with Crippen LogP contribution in [0.4, 0.5) is 0 Å². The Kier molecular flexibility index (Phi) is 40.2. The van der Waals surface area contributed by atoms with Crippen LogP contribution in [-0.4, -0.2) is 248 Å². The van der Waals surface area contributed by atoms with Gasteiger partial charge in [-0.2, -0.15) is 35.7 Å². The maximum absolute atomic E-state index is 12.4. The number of carbonyl (C=O) groups excluding carboxylic acids is 6. The zero-order valence-corrected chi connectivity index (χ0v) is 95.5. The number of carboxylic acids is 1. The van der Waals surface area contributed by atoms with Crippen molar-refractivity contribution in [1.82, 2.24) is 108 Å². The number of aromatic carboxylic acids is 1. The third kappa shape index (κ3) is 33.5. The molecule has 0 bridgehead atoms. The molecule has 2 aliphatic heterocycles. The molecule has 0 spiro atoms. The van der Waals surface area contributed by atoms with Gasteiger partial charge in [0.25, 0.3) is 0 Å². The largest absolute Gasteiger partial charge is 0.504 e. The second kappa shape index (κ2) is 47.6. The van der Waals surface area contributed by atoms with Crippen molar-refractivity contribution in [3.8, 4) is 39.9 Å². The van der Waals surface area contributed by atoms with Crippen molar-refractivity contribution in [2.75, 3.05) is 0 Å². The molecule has 43 nitrogen and oxygen atoms in total. The van der Waals surface area contributed by atoms with Gasteiger partial charge in [0.05, 0.1) is 111 Å². The van der Waals surface area contributed by atoms with E-state index in [1.807, 2.05) is 152 Å². The second-order valence-electron chi connectivity index (χ2n) is 40.1. The van der Waals surface area contributed by atoms with Gasteiger partial charge >= 0.3 is 63.1 Å². The maximum atomic E-state index is 12.4. The first kappa shape index (κ1) is 120. The van der Waals surface area contributed by atoms with Gasteiger partial charge in [0.15, 0.2) is 55.5 Å². The Morgan fingerprint density at radius 3 is 0.845 bits per heavy atom. The van der Waals surface area contributed by atoms with E-state index in [2.05, 4.69) is 162 Å². The first-order valence-electron chi connectivity index (χ1n) is 44.0. The minimum Gasteiger partial charge on any atom is -0.504 e. The molecular formula is C91H126B3Br4IN22O21. The maximum Gasteiger partial charge on any atom is 0.498 e. The Morgan fingerprint density at radius 1 is 0.338 bits per heavy atom. The molecule has 0 saturated carbocycles. The molecule has 11 aromatic heterocycles. The molecule has 0 atom stereocenters.